The smallest absolute Gasteiger partial charge is 0.320 e. The highest BCUT2D eigenvalue weighted by molar-refractivity contribution is 9.10. The molecule has 9 heteroatoms. The van der Waals surface area contributed by atoms with Gasteiger partial charge in [-0.2, -0.15) is 0 Å². The third-order valence-electron chi connectivity index (χ3n) is 3.50. The van der Waals surface area contributed by atoms with Crippen LogP contribution < -0.4 is 0 Å². The van der Waals surface area contributed by atoms with E-state index < -0.39 is 36.1 Å². The van der Waals surface area contributed by atoms with Crippen LogP contribution in [-0.2, 0) is 9.57 Å². The standard InChI is InChI=1S/C13H14BrNO6S/c14-7-3-1-6(2-4-7)12-15-21-13(22-12)11(19)10(18)9(17)8(5-16)20-13/h1-4,8-11,16-19H,5H2/t8-,9+,10+,11-,13+/m1/s1. The predicted octanol–water partition coefficient (Wildman–Crippen LogP) is 0.00170. The second-order valence-corrected chi connectivity index (χ2v) is 7.04. The van der Waals surface area contributed by atoms with Crippen LogP contribution in [0.4, 0.5) is 0 Å². The maximum atomic E-state index is 10.2. The van der Waals surface area contributed by atoms with Crippen molar-refractivity contribution in [2.75, 3.05) is 6.61 Å². The minimum Gasteiger partial charge on any atom is -0.394 e. The molecule has 120 valence electrons. The molecule has 2 aliphatic heterocycles. The van der Waals surface area contributed by atoms with Crippen molar-refractivity contribution in [1.29, 1.82) is 0 Å². The molecular weight excluding hydrogens is 378 g/mol. The van der Waals surface area contributed by atoms with Gasteiger partial charge in [0.2, 0.25) is 0 Å². The van der Waals surface area contributed by atoms with Crippen molar-refractivity contribution in [1.82, 2.24) is 0 Å². The molecule has 0 bridgehead atoms. The van der Waals surface area contributed by atoms with E-state index in [0.717, 1.165) is 21.8 Å². The largest absolute Gasteiger partial charge is 0.394 e. The molecule has 4 N–H and O–H groups in total. The topological polar surface area (TPSA) is 112 Å². The first-order valence-corrected chi connectivity index (χ1v) is 8.12. The lowest BCUT2D eigenvalue weighted by Crippen LogP contribution is -2.63. The van der Waals surface area contributed by atoms with Gasteiger partial charge in [0, 0.05) is 10.0 Å². The summed E-state index contributed by atoms with van der Waals surface area (Å²) in [6.07, 6.45) is -5.53. The first kappa shape index (κ1) is 16.2. The van der Waals surface area contributed by atoms with Gasteiger partial charge in [-0.3, -0.25) is 0 Å². The van der Waals surface area contributed by atoms with E-state index in [0.29, 0.717) is 5.04 Å². The van der Waals surface area contributed by atoms with Crippen molar-refractivity contribution in [3.05, 3.63) is 34.3 Å². The molecule has 1 spiro atoms. The zero-order valence-corrected chi connectivity index (χ0v) is 13.6. The highest BCUT2D eigenvalue weighted by Gasteiger charge is 2.59. The Labute approximate surface area is 138 Å². The van der Waals surface area contributed by atoms with E-state index in [1.165, 1.54) is 0 Å². The van der Waals surface area contributed by atoms with Crippen molar-refractivity contribution >= 4 is 32.7 Å². The highest BCUT2D eigenvalue weighted by atomic mass is 79.9. The molecule has 3 rings (SSSR count). The predicted molar refractivity (Wildman–Crippen MR) is 82.1 cm³/mol. The van der Waals surface area contributed by atoms with Crippen molar-refractivity contribution in [2.45, 2.75) is 29.5 Å². The van der Waals surface area contributed by atoms with Crippen molar-refractivity contribution in [3.63, 3.8) is 0 Å². The minimum absolute atomic E-state index is 0.465. The number of nitrogens with zero attached hydrogens (tertiary/aromatic N) is 1. The highest BCUT2D eigenvalue weighted by Crippen LogP contribution is 2.45. The van der Waals surface area contributed by atoms with Crippen LogP contribution in [0.15, 0.2) is 33.9 Å². The van der Waals surface area contributed by atoms with E-state index in [4.69, 9.17) is 9.57 Å². The lowest BCUT2D eigenvalue weighted by Gasteiger charge is -2.43. The van der Waals surface area contributed by atoms with Gasteiger partial charge in [-0.25, -0.2) is 0 Å². The van der Waals surface area contributed by atoms with Gasteiger partial charge in [0.15, 0.2) is 6.10 Å². The molecule has 5 atom stereocenters. The van der Waals surface area contributed by atoms with Gasteiger partial charge in [0.25, 0.3) is 0 Å². The number of thioether (sulfide) groups is 1. The normalized spacial score (nSPS) is 38.0. The van der Waals surface area contributed by atoms with Crippen LogP contribution in [0, 0.1) is 0 Å². The number of rotatable bonds is 2. The average Bonchev–Trinajstić information content (AvgIpc) is 2.95. The molecular formula is C13H14BrNO6S. The summed E-state index contributed by atoms with van der Waals surface area (Å²) < 4.78 is 6.37. The fourth-order valence-corrected chi connectivity index (χ4v) is 3.62. The van der Waals surface area contributed by atoms with Crippen LogP contribution in [-0.4, -0.2) is 61.6 Å². The number of aliphatic hydroxyl groups excluding tert-OH is 4. The first-order valence-electron chi connectivity index (χ1n) is 6.51. The maximum Gasteiger partial charge on any atom is 0.320 e. The number of hydrogen-bond donors (Lipinski definition) is 4. The number of hydrogen-bond acceptors (Lipinski definition) is 8. The summed E-state index contributed by atoms with van der Waals surface area (Å²) in [4.78, 5) is 5.23. The van der Waals surface area contributed by atoms with Gasteiger partial charge in [0.05, 0.1) is 6.61 Å². The van der Waals surface area contributed by atoms with E-state index in [1.54, 1.807) is 0 Å². The van der Waals surface area contributed by atoms with Crippen LogP contribution >= 0.6 is 27.7 Å². The lowest BCUT2D eigenvalue weighted by molar-refractivity contribution is -0.318. The van der Waals surface area contributed by atoms with E-state index in [-0.39, 0.29) is 0 Å². The van der Waals surface area contributed by atoms with Crippen molar-refractivity contribution in [2.24, 2.45) is 5.16 Å². The second kappa shape index (κ2) is 6.08. The van der Waals surface area contributed by atoms with E-state index in [9.17, 15) is 20.4 Å². The number of benzene rings is 1. The third-order valence-corrected chi connectivity index (χ3v) is 5.23. The fraction of sp³-hybridized carbons (Fsp3) is 0.462. The Morgan fingerprint density at radius 2 is 1.86 bits per heavy atom. The molecule has 0 aromatic heterocycles. The van der Waals surface area contributed by atoms with E-state index >= 15 is 0 Å². The van der Waals surface area contributed by atoms with E-state index in [1.807, 2.05) is 24.3 Å². The first-order chi connectivity index (χ1) is 10.5. The Bertz CT molecular complexity index is 582. The lowest BCUT2D eigenvalue weighted by atomic mass is 9.99. The summed E-state index contributed by atoms with van der Waals surface area (Å²) in [6, 6.07) is 7.28. The van der Waals surface area contributed by atoms with Crippen LogP contribution in [0.2, 0.25) is 0 Å². The Morgan fingerprint density at radius 1 is 1.18 bits per heavy atom. The van der Waals surface area contributed by atoms with Gasteiger partial charge in [-0.1, -0.05) is 33.2 Å². The SMILES string of the molecule is OC[C@H]1O[C@]2(ON=C(c3ccc(Br)cc3)S2)[C@H](O)[C@@H](O)[C@H]1O. The summed E-state index contributed by atoms with van der Waals surface area (Å²) in [6.45, 7) is -0.524. The monoisotopic (exact) mass is 391 g/mol. The van der Waals surface area contributed by atoms with Gasteiger partial charge >= 0.3 is 5.12 Å². The zero-order valence-electron chi connectivity index (χ0n) is 11.2. The van der Waals surface area contributed by atoms with Gasteiger partial charge < -0.3 is 30.0 Å². The second-order valence-electron chi connectivity index (χ2n) is 4.97. The average molecular weight is 392 g/mol. The Kier molecular flexibility index (Phi) is 4.47. The third kappa shape index (κ3) is 2.67. The van der Waals surface area contributed by atoms with Crippen molar-refractivity contribution in [3.8, 4) is 0 Å². The van der Waals surface area contributed by atoms with Gasteiger partial charge in [-0.05, 0) is 23.9 Å². The summed E-state index contributed by atoms with van der Waals surface area (Å²) in [5.74, 6) is 0. The van der Waals surface area contributed by atoms with Crippen LogP contribution in [0.1, 0.15) is 5.56 Å². The van der Waals surface area contributed by atoms with Gasteiger partial charge in [-0.15, -0.1) is 0 Å². The maximum absolute atomic E-state index is 10.2. The fourth-order valence-electron chi connectivity index (χ4n) is 2.25. The number of oxime groups is 1. The molecule has 22 heavy (non-hydrogen) atoms. The number of aliphatic hydroxyl groups is 4. The molecule has 0 radical (unpaired) electrons. The molecule has 2 aliphatic rings. The molecule has 1 fully saturated rings. The van der Waals surface area contributed by atoms with Crippen LogP contribution in [0.25, 0.3) is 0 Å². The number of ether oxygens (including phenoxy) is 1. The summed E-state index contributed by atoms with van der Waals surface area (Å²) >= 11 is 4.32. The molecule has 0 saturated carbocycles. The molecule has 7 nitrogen and oxygen atoms in total. The number of halogens is 1. The molecule has 0 amide bonds. The summed E-state index contributed by atoms with van der Waals surface area (Å²) in [5.41, 5.74) is 0.752. The van der Waals surface area contributed by atoms with Crippen molar-refractivity contribution < 1.29 is 30.0 Å². The minimum atomic E-state index is -1.69. The molecule has 1 aromatic carbocycles. The zero-order chi connectivity index (χ0) is 15.9. The summed E-state index contributed by atoms with van der Waals surface area (Å²) in [7, 11) is 0. The Morgan fingerprint density at radius 3 is 2.50 bits per heavy atom. The van der Waals surface area contributed by atoms with E-state index in [2.05, 4.69) is 21.1 Å². The quantitative estimate of drug-likeness (QED) is 0.561. The van der Waals surface area contributed by atoms with Crippen LogP contribution in [0.5, 0.6) is 0 Å². The Balaban J connectivity index is 1.83. The molecule has 1 aromatic rings. The summed E-state index contributed by atoms with van der Waals surface area (Å²) in [5, 5.41) is 41.8. The van der Waals surface area contributed by atoms with Gasteiger partial charge in [0.1, 0.15) is 23.4 Å². The van der Waals surface area contributed by atoms with Crippen LogP contribution in [0.3, 0.4) is 0 Å². The molecule has 2 heterocycles. The molecule has 1 saturated heterocycles. The Hall–Kier alpha value is -0.680. The molecule has 0 aliphatic carbocycles. The molecule has 0 unspecified atom stereocenters.